The summed E-state index contributed by atoms with van der Waals surface area (Å²) in [6.07, 6.45) is 3.03. The molecular weight excluding hydrogens is 284 g/mol. The van der Waals surface area contributed by atoms with E-state index in [1.807, 2.05) is 19.1 Å². The number of nitrogens with zero attached hydrogens (tertiary/aromatic N) is 1. The number of sulfonamides is 1. The zero-order valence-electron chi connectivity index (χ0n) is 13.2. The molecule has 1 N–H and O–H groups in total. The number of hydrogen-bond acceptors (Lipinski definition) is 3. The Balaban J connectivity index is 2.13. The van der Waals surface area contributed by atoms with E-state index in [0.717, 1.165) is 31.4 Å². The summed E-state index contributed by atoms with van der Waals surface area (Å²) in [6, 6.07) is 7.78. The molecule has 2 rings (SSSR count). The first-order valence-electron chi connectivity index (χ1n) is 7.75. The van der Waals surface area contributed by atoms with Crippen molar-refractivity contribution in [2.24, 2.45) is 0 Å². The van der Waals surface area contributed by atoms with Crippen LogP contribution >= 0.6 is 0 Å². The van der Waals surface area contributed by atoms with Crippen LogP contribution in [0.5, 0.6) is 0 Å². The lowest BCUT2D eigenvalue weighted by Gasteiger charge is -2.32. The van der Waals surface area contributed by atoms with E-state index in [-0.39, 0.29) is 6.04 Å². The second kappa shape index (κ2) is 6.90. The molecule has 4 nitrogen and oxygen atoms in total. The fourth-order valence-electron chi connectivity index (χ4n) is 2.67. The molecule has 0 bridgehead atoms. The van der Waals surface area contributed by atoms with E-state index in [4.69, 9.17) is 0 Å². The van der Waals surface area contributed by atoms with Crippen LogP contribution in [0.1, 0.15) is 45.6 Å². The van der Waals surface area contributed by atoms with Crippen molar-refractivity contribution in [3.63, 3.8) is 0 Å². The Morgan fingerprint density at radius 2 is 1.90 bits per heavy atom. The van der Waals surface area contributed by atoms with Gasteiger partial charge in [-0.2, -0.15) is 4.31 Å². The zero-order chi connectivity index (χ0) is 15.5. The van der Waals surface area contributed by atoms with Gasteiger partial charge in [-0.25, -0.2) is 8.42 Å². The Bertz CT molecular complexity index is 552. The van der Waals surface area contributed by atoms with E-state index < -0.39 is 10.0 Å². The monoisotopic (exact) mass is 310 g/mol. The molecule has 1 aliphatic heterocycles. The highest BCUT2D eigenvalue weighted by atomic mass is 32.2. The molecule has 5 heteroatoms. The van der Waals surface area contributed by atoms with Gasteiger partial charge >= 0.3 is 0 Å². The highest BCUT2D eigenvalue weighted by Gasteiger charge is 2.30. The number of benzene rings is 1. The van der Waals surface area contributed by atoms with Gasteiger partial charge in [0.25, 0.3) is 0 Å². The molecule has 118 valence electrons. The van der Waals surface area contributed by atoms with Crippen LogP contribution < -0.4 is 5.32 Å². The van der Waals surface area contributed by atoms with Crippen LogP contribution in [0.15, 0.2) is 29.2 Å². The Kier molecular flexibility index (Phi) is 5.41. The van der Waals surface area contributed by atoms with Crippen molar-refractivity contribution in [2.75, 3.05) is 6.54 Å². The van der Waals surface area contributed by atoms with Crippen molar-refractivity contribution in [2.45, 2.75) is 63.6 Å². The van der Waals surface area contributed by atoms with Crippen LogP contribution in [0.2, 0.25) is 0 Å². The van der Waals surface area contributed by atoms with E-state index >= 15 is 0 Å². The molecule has 1 aromatic rings. The predicted octanol–water partition coefficient (Wildman–Crippen LogP) is 2.75. The van der Waals surface area contributed by atoms with E-state index in [9.17, 15) is 8.42 Å². The van der Waals surface area contributed by atoms with Gasteiger partial charge < -0.3 is 5.32 Å². The van der Waals surface area contributed by atoms with Crippen molar-refractivity contribution in [1.82, 2.24) is 9.62 Å². The fraction of sp³-hybridized carbons (Fsp3) is 0.625. The molecule has 0 saturated carbocycles. The number of piperidine rings is 1. The molecule has 0 spiro atoms. The summed E-state index contributed by atoms with van der Waals surface area (Å²) < 4.78 is 27.0. The van der Waals surface area contributed by atoms with Crippen molar-refractivity contribution in [3.05, 3.63) is 29.8 Å². The molecule has 1 heterocycles. The maximum atomic E-state index is 12.7. The molecule has 1 unspecified atom stereocenters. The van der Waals surface area contributed by atoms with E-state index in [2.05, 4.69) is 19.2 Å². The summed E-state index contributed by atoms with van der Waals surface area (Å²) in [5.74, 6) is 0. The third kappa shape index (κ3) is 4.05. The number of rotatable bonds is 5. The normalized spacial score (nSPS) is 20.9. The molecule has 0 aromatic heterocycles. The topological polar surface area (TPSA) is 49.4 Å². The molecule has 1 aliphatic rings. The summed E-state index contributed by atoms with van der Waals surface area (Å²) in [6.45, 7) is 7.59. The average Bonchev–Trinajstić information content (AvgIpc) is 2.46. The lowest BCUT2D eigenvalue weighted by atomic mass is 10.1. The minimum atomic E-state index is -3.35. The molecule has 1 atom stereocenters. The largest absolute Gasteiger partial charge is 0.310 e. The maximum Gasteiger partial charge on any atom is 0.243 e. The second-order valence-electron chi connectivity index (χ2n) is 6.14. The van der Waals surface area contributed by atoms with Gasteiger partial charge in [-0.15, -0.1) is 0 Å². The SMILES string of the molecule is CC(C)NCc1ccc(S(=O)(=O)N2CCCCC2C)cc1. The van der Waals surface area contributed by atoms with Crippen molar-refractivity contribution in [3.8, 4) is 0 Å². The number of hydrogen-bond donors (Lipinski definition) is 1. The molecular formula is C16H26N2O2S. The highest BCUT2D eigenvalue weighted by molar-refractivity contribution is 7.89. The van der Waals surface area contributed by atoms with Gasteiger partial charge in [0.2, 0.25) is 10.0 Å². The molecule has 0 radical (unpaired) electrons. The predicted molar refractivity (Wildman–Crippen MR) is 85.6 cm³/mol. The summed E-state index contributed by atoms with van der Waals surface area (Å²) in [5, 5.41) is 3.33. The maximum absolute atomic E-state index is 12.7. The summed E-state index contributed by atoms with van der Waals surface area (Å²) in [7, 11) is -3.35. The van der Waals surface area contributed by atoms with Crippen molar-refractivity contribution >= 4 is 10.0 Å². The van der Waals surface area contributed by atoms with Crippen LogP contribution in [0.3, 0.4) is 0 Å². The van der Waals surface area contributed by atoms with Gasteiger partial charge in [0, 0.05) is 25.2 Å². The van der Waals surface area contributed by atoms with Crippen LogP contribution in [0.25, 0.3) is 0 Å². The van der Waals surface area contributed by atoms with E-state index in [1.165, 1.54) is 0 Å². The molecule has 0 aliphatic carbocycles. The lowest BCUT2D eigenvalue weighted by molar-refractivity contribution is 0.268. The minimum absolute atomic E-state index is 0.103. The first kappa shape index (κ1) is 16.5. The molecule has 1 saturated heterocycles. The quantitative estimate of drug-likeness (QED) is 0.910. The van der Waals surface area contributed by atoms with E-state index in [1.54, 1.807) is 16.4 Å². The summed E-state index contributed by atoms with van der Waals surface area (Å²) in [4.78, 5) is 0.407. The Morgan fingerprint density at radius 1 is 1.24 bits per heavy atom. The molecule has 1 aromatic carbocycles. The molecule has 0 amide bonds. The van der Waals surface area contributed by atoms with Crippen LogP contribution in [-0.4, -0.2) is 31.4 Å². The van der Waals surface area contributed by atoms with Crippen LogP contribution in [-0.2, 0) is 16.6 Å². The first-order valence-corrected chi connectivity index (χ1v) is 9.19. The zero-order valence-corrected chi connectivity index (χ0v) is 14.0. The standard InChI is InChI=1S/C16H26N2O2S/c1-13(2)17-12-15-7-9-16(10-8-15)21(19,20)18-11-5-4-6-14(18)3/h7-10,13-14,17H,4-6,11-12H2,1-3H3. The van der Waals surface area contributed by atoms with Gasteiger partial charge in [-0.1, -0.05) is 32.4 Å². The van der Waals surface area contributed by atoms with Gasteiger partial charge in [-0.05, 0) is 37.5 Å². The summed E-state index contributed by atoms with van der Waals surface area (Å²) >= 11 is 0. The first-order chi connectivity index (χ1) is 9.91. The average molecular weight is 310 g/mol. The molecule has 1 fully saturated rings. The Labute approximate surface area is 128 Å². The Hall–Kier alpha value is -0.910. The van der Waals surface area contributed by atoms with Gasteiger partial charge in [0.1, 0.15) is 0 Å². The second-order valence-corrected chi connectivity index (χ2v) is 8.03. The van der Waals surface area contributed by atoms with E-state index in [0.29, 0.717) is 17.5 Å². The summed E-state index contributed by atoms with van der Waals surface area (Å²) in [5.41, 5.74) is 1.11. The van der Waals surface area contributed by atoms with Gasteiger partial charge in [0.15, 0.2) is 0 Å². The molecule has 21 heavy (non-hydrogen) atoms. The van der Waals surface area contributed by atoms with Gasteiger partial charge in [-0.3, -0.25) is 0 Å². The number of nitrogens with one attached hydrogen (secondary N) is 1. The van der Waals surface area contributed by atoms with Crippen LogP contribution in [0.4, 0.5) is 0 Å². The van der Waals surface area contributed by atoms with Gasteiger partial charge in [0.05, 0.1) is 4.90 Å². The third-order valence-corrected chi connectivity index (χ3v) is 6.01. The van der Waals surface area contributed by atoms with Crippen LogP contribution in [0, 0.1) is 0 Å². The lowest BCUT2D eigenvalue weighted by Crippen LogP contribution is -2.41. The third-order valence-electron chi connectivity index (χ3n) is 3.99. The van der Waals surface area contributed by atoms with Crippen molar-refractivity contribution < 1.29 is 8.42 Å². The Morgan fingerprint density at radius 3 is 2.48 bits per heavy atom. The highest BCUT2D eigenvalue weighted by Crippen LogP contribution is 2.25. The smallest absolute Gasteiger partial charge is 0.243 e. The minimum Gasteiger partial charge on any atom is -0.310 e. The fourth-order valence-corrected chi connectivity index (χ4v) is 4.36. The van der Waals surface area contributed by atoms with Crippen molar-refractivity contribution in [1.29, 1.82) is 0 Å².